The van der Waals surface area contributed by atoms with Gasteiger partial charge in [-0.05, 0) is 18.4 Å². The Kier molecular flexibility index (Phi) is 5.91. The molecule has 0 unspecified atom stereocenters. The van der Waals surface area contributed by atoms with Gasteiger partial charge in [-0.2, -0.15) is 0 Å². The van der Waals surface area contributed by atoms with Crippen LogP contribution in [-0.4, -0.2) is 23.1 Å². The summed E-state index contributed by atoms with van der Waals surface area (Å²) < 4.78 is 5.47. The highest BCUT2D eigenvalue weighted by molar-refractivity contribution is 5.07. The van der Waals surface area contributed by atoms with Gasteiger partial charge >= 0.3 is 0 Å². The van der Waals surface area contributed by atoms with E-state index in [9.17, 15) is 0 Å². The Hall–Kier alpha value is -1.16. The normalized spacial score (nSPS) is 11.2. The van der Waals surface area contributed by atoms with E-state index in [1.807, 2.05) is 0 Å². The van der Waals surface area contributed by atoms with Crippen molar-refractivity contribution >= 4 is 0 Å². The predicted molar refractivity (Wildman–Crippen MR) is 68.9 cm³/mol. The standard InChI is InChI=1S/C13H23N3O/c1-10(2)5-14-6-12-7-16-13(8-15-12)17-9-11(3)4/h7-8,10-11,14H,5-6,9H2,1-4H3. The first kappa shape index (κ1) is 13.9. The van der Waals surface area contributed by atoms with Gasteiger partial charge in [-0.1, -0.05) is 27.7 Å². The predicted octanol–water partition coefficient (Wildman–Crippen LogP) is 2.26. The monoisotopic (exact) mass is 237 g/mol. The second-order valence-electron chi connectivity index (χ2n) is 5.08. The third kappa shape index (κ3) is 6.22. The van der Waals surface area contributed by atoms with Crippen molar-refractivity contribution < 1.29 is 4.74 Å². The molecule has 4 nitrogen and oxygen atoms in total. The van der Waals surface area contributed by atoms with Gasteiger partial charge in [0.15, 0.2) is 0 Å². The largest absolute Gasteiger partial charge is 0.476 e. The maximum atomic E-state index is 5.47. The zero-order valence-corrected chi connectivity index (χ0v) is 11.2. The lowest BCUT2D eigenvalue weighted by molar-refractivity contribution is 0.260. The molecule has 0 aliphatic carbocycles. The topological polar surface area (TPSA) is 47.0 Å². The zero-order chi connectivity index (χ0) is 12.7. The van der Waals surface area contributed by atoms with Crippen LogP contribution in [0.3, 0.4) is 0 Å². The maximum Gasteiger partial charge on any atom is 0.232 e. The molecule has 0 radical (unpaired) electrons. The molecule has 4 heteroatoms. The van der Waals surface area contributed by atoms with E-state index in [0.717, 1.165) is 18.8 Å². The van der Waals surface area contributed by atoms with Crippen molar-refractivity contribution in [2.45, 2.75) is 34.2 Å². The van der Waals surface area contributed by atoms with E-state index in [0.29, 0.717) is 24.3 Å². The van der Waals surface area contributed by atoms with Crippen molar-refractivity contribution in [1.82, 2.24) is 15.3 Å². The van der Waals surface area contributed by atoms with Crippen LogP contribution in [0.5, 0.6) is 5.88 Å². The second-order valence-corrected chi connectivity index (χ2v) is 5.08. The van der Waals surface area contributed by atoms with Gasteiger partial charge in [-0.15, -0.1) is 0 Å². The Labute approximate surface area is 104 Å². The minimum absolute atomic E-state index is 0.504. The SMILES string of the molecule is CC(C)CNCc1cnc(OCC(C)C)cn1. The van der Waals surface area contributed by atoms with Crippen LogP contribution in [0.1, 0.15) is 33.4 Å². The summed E-state index contributed by atoms with van der Waals surface area (Å²) in [5, 5.41) is 3.33. The number of aromatic nitrogens is 2. The Morgan fingerprint density at radius 3 is 2.41 bits per heavy atom. The van der Waals surface area contributed by atoms with Crippen LogP contribution in [0, 0.1) is 11.8 Å². The fraction of sp³-hybridized carbons (Fsp3) is 0.692. The fourth-order valence-electron chi connectivity index (χ4n) is 1.25. The molecule has 0 amide bonds. The lowest BCUT2D eigenvalue weighted by atomic mass is 10.2. The summed E-state index contributed by atoms with van der Waals surface area (Å²) in [7, 11) is 0. The Morgan fingerprint density at radius 1 is 1.12 bits per heavy atom. The molecule has 0 atom stereocenters. The molecule has 1 aromatic heterocycles. The van der Waals surface area contributed by atoms with Crippen molar-refractivity contribution in [1.29, 1.82) is 0 Å². The third-order valence-corrected chi connectivity index (χ3v) is 2.10. The summed E-state index contributed by atoms with van der Waals surface area (Å²) in [4.78, 5) is 8.53. The van der Waals surface area contributed by atoms with Gasteiger partial charge in [0, 0.05) is 6.54 Å². The summed E-state index contributed by atoms with van der Waals surface area (Å²) in [6, 6.07) is 0. The Morgan fingerprint density at radius 2 is 1.88 bits per heavy atom. The van der Waals surface area contributed by atoms with E-state index in [1.54, 1.807) is 12.4 Å². The van der Waals surface area contributed by atoms with Crippen LogP contribution >= 0.6 is 0 Å². The van der Waals surface area contributed by atoms with Crippen LogP contribution in [0.25, 0.3) is 0 Å². The molecule has 1 N–H and O–H groups in total. The molecule has 0 aliphatic heterocycles. The molecule has 0 saturated carbocycles. The number of hydrogen-bond donors (Lipinski definition) is 1. The molecular weight excluding hydrogens is 214 g/mol. The lowest BCUT2D eigenvalue weighted by Gasteiger charge is -2.08. The van der Waals surface area contributed by atoms with E-state index in [1.165, 1.54) is 0 Å². The Balaban J connectivity index is 2.34. The van der Waals surface area contributed by atoms with Crippen LogP contribution < -0.4 is 10.1 Å². The highest BCUT2D eigenvalue weighted by Crippen LogP contribution is 2.05. The number of ether oxygens (including phenoxy) is 1. The molecule has 0 saturated heterocycles. The van der Waals surface area contributed by atoms with E-state index < -0.39 is 0 Å². The average Bonchev–Trinajstić information content (AvgIpc) is 2.27. The van der Waals surface area contributed by atoms with Gasteiger partial charge < -0.3 is 10.1 Å². The summed E-state index contributed by atoms with van der Waals surface area (Å²) in [6.45, 7) is 11.0. The van der Waals surface area contributed by atoms with Gasteiger partial charge in [0.1, 0.15) is 0 Å². The summed E-state index contributed by atoms with van der Waals surface area (Å²) in [5.41, 5.74) is 0.947. The highest BCUT2D eigenvalue weighted by Gasteiger charge is 2.00. The highest BCUT2D eigenvalue weighted by atomic mass is 16.5. The van der Waals surface area contributed by atoms with Crippen LogP contribution in [0.2, 0.25) is 0 Å². The molecule has 0 fully saturated rings. The van der Waals surface area contributed by atoms with Crippen molar-refractivity contribution in [2.24, 2.45) is 11.8 Å². The molecule has 0 aromatic carbocycles. The minimum atomic E-state index is 0.504. The van der Waals surface area contributed by atoms with Crippen molar-refractivity contribution in [3.63, 3.8) is 0 Å². The molecule has 96 valence electrons. The first-order valence-corrected chi connectivity index (χ1v) is 6.22. The van der Waals surface area contributed by atoms with E-state index in [-0.39, 0.29) is 0 Å². The molecular formula is C13H23N3O. The number of nitrogens with zero attached hydrogens (tertiary/aromatic N) is 2. The number of nitrogens with one attached hydrogen (secondary N) is 1. The first-order chi connectivity index (χ1) is 8.08. The van der Waals surface area contributed by atoms with Crippen molar-refractivity contribution in [3.8, 4) is 5.88 Å². The Bertz CT molecular complexity index is 309. The third-order valence-electron chi connectivity index (χ3n) is 2.10. The molecule has 17 heavy (non-hydrogen) atoms. The second kappa shape index (κ2) is 7.22. The number of rotatable bonds is 7. The van der Waals surface area contributed by atoms with Crippen LogP contribution in [0.4, 0.5) is 0 Å². The minimum Gasteiger partial charge on any atom is -0.476 e. The molecule has 1 heterocycles. The van der Waals surface area contributed by atoms with Gasteiger partial charge in [0.05, 0.1) is 24.7 Å². The maximum absolute atomic E-state index is 5.47. The van der Waals surface area contributed by atoms with Gasteiger partial charge in [0.25, 0.3) is 0 Å². The molecule has 1 rings (SSSR count). The molecule has 0 spiro atoms. The summed E-state index contributed by atoms with van der Waals surface area (Å²) in [5.74, 6) is 1.76. The summed E-state index contributed by atoms with van der Waals surface area (Å²) in [6.07, 6.45) is 3.46. The smallest absolute Gasteiger partial charge is 0.232 e. The molecule has 0 aliphatic rings. The van der Waals surface area contributed by atoms with E-state index in [2.05, 4.69) is 43.0 Å². The quantitative estimate of drug-likeness (QED) is 0.790. The lowest BCUT2D eigenvalue weighted by Crippen LogP contribution is -2.19. The van der Waals surface area contributed by atoms with Gasteiger partial charge in [-0.3, -0.25) is 4.98 Å². The first-order valence-electron chi connectivity index (χ1n) is 6.22. The van der Waals surface area contributed by atoms with Gasteiger partial charge in [-0.25, -0.2) is 4.98 Å². The summed E-state index contributed by atoms with van der Waals surface area (Å²) >= 11 is 0. The zero-order valence-electron chi connectivity index (χ0n) is 11.2. The van der Waals surface area contributed by atoms with Crippen LogP contribution in [0.15, 0.2) is 12.4 Å². The van der Waals surface area contributed by atoms with Gasteiger partial charge in [0.2, 0.25) is 5.88 Å². The average molecular weight is 237 g/mol. The molecule has 1 aromatic rings. The van der Waals surface area contributed by atoms with E-state index >= 15 is 0 Å². The van der Waals surface area contributed by atoms with Crippen LogP contribution in [-0.2, 0) is 6.54 Å². The van der Waals surface area contributed by atoms with E-state index in [4.69, 9.17) is 4.74 Å². The fourth-order valence-corrected chi connectivity index (χ4v) is 1.25. The van der Waals surface area contributed by atoms with Crippen molar-refractivity contribution in [3.05, 3.63) is 18.1 Å². The van der Waals surface area contributed by atoms with Crippen molar-refractivity contribution in [2.75, 3.05) is 13.2 Å². The molecule has 0 bridgehead atoms. The number of hydrogen-bond acceptors (Lipinski definition) is 4.